The van der Waals surface area contributed by atoms with Crippen molar-refractivity contribution in [1.29, 1.82) is 0 Å². The number of aliphatic hydroxyl groups is 1. The lowest BCUT2D eigenvalue weighted by atomic mass is 9.82. The van der Waals surface area contributed by atoms with Gasteiger partial charge in [0.25, 0.3) is 0 Å². The first-order valence-electron chi connectivity index (χ1n) is 5.80. The van der Waals surface area contributed by atoms with Gasteiger partial charge in [-0.25, -0.2) is 9.97 Å². The molecule has 1 heterocycles. The van der Waals surface area contributed by atoms with Crippen LogP contribution in [0.25, 0.3) is 0 Å². The first-order chi connectivity index (χ1) is 8.61. The second-order valence-corrected chi connectivity index (χ2v) is 4.59. The van der Waals surface area contributed by atoms with E-state index in [1.165, 1.54) is 6.20 Å². The molecule has 0 bridgehead atoms. The third kappa shape index (κ3) is 2.51. The van der Waals surface area contributed by atoms with Crippen LogP contribution in [0.2, 0.25) is 0 Å². The Balaban J connectivity index is 2.12. The Bertz CT molecular complexity index is 445. The lowest BCUT2D eigenvalue weighted by Gasteiger charge is -2.35. The molecule has 0 saturated heterocycles. The predicted molar refractivity (Wildman–Crippen MR) is 66.5 cm³/mol. The summed E-state index contributed by atoms with van der Waals surface area (Å²) < 4.78 is 0. The van der Waals surface area contributed by atoms with Crippen LogP contribution < -0.4 is 10.6 Å². The molecule has 18 heavy (non-hydrogen) atoms. The van der Waals surface area contributed by atoms with Crippen LogP contribution in [0, 0.1) is 5.92 Å². The van der Waals surface area contributed by atoms with E-state index in [9.17, 15) is 5.11 Å². The normalized spacial score (nSPS) is 23.6. The Labute approximate surface area is 105 Å². The molecule has 2 rings (SSSR count). The molecule has 1 aliphatic rings. The smallest absolute Gasteiger partial charge is 0.192 e. The summed E-state index contributed by atoms with van der Waals surface area (Å²) in [6, 6.07) is 0. The molecule has 7 nitrogen and oxygen atoms in total. The Hall–Kier alpha value is -1.89. The molecular formula is C11H17N5O2. The van der Waals surface area contributed by atoms with Crippen LogP contribution in [-0.2, 0) is 0 Å². The molecule has 1 aliphatic carbocycles. The predicted octanol–water partition coefficient (Wildman–Crippen LogP) is -0.222. The van der Waals surface area contributed by atoms with Crippen LogP contribution in [0.3, 0.4) is 0 Å². The highest BCUT2D eigenvalue weighted by Gasteiger charge is 2.29. The van der Waals surface area contributed by atoms with Crippen molar-refractivity contribution in [1.82, 2.24) is 9.97 Å². The highest BCUT2D eigenvalue weighted by Crippen LogP contribution is 2.29. The van der Waals surface area contributed by atoms with Crippen molar-refractivity contribution < 1.29 is 10.3 Å². The molecule has 0 amide bonds. The SMILES string of the molecule is CN(CC1CC(O)C1)c1nccnc1C(N)=NO. The van der Waals surface area contributed by atoms with Gasteiger partial charge in [0.1, 0.15) is 0 Å². The molecule has 98 valence electrons. The number of aromatic nitrogens is 2. The van der Waals surface area contributed by atoms with E-state index >= 15 is 0 Å². The van der Waals surface area contributed by atoms with Crippen molar-refractivity contribution in [2.75, 3.05) is 18.5 Å². The quantitative estimate of drug-likeness (QED) is 0.295. The van der Waals surface area contributed by atoms with E-state index in [-0.39, 0.29) is 11.9 Å². The molecule has 0 aliphatic heterocycles. The summed E-state index contributed by atoms with van der Waals surface area (Å²) in [6.07, 6.45) is 4.51. The zero-order valence-electron chi connectivity index (χ0n) is 10.2. The molecule has 1 aromatic heterocycles. The van der Waals surface area contributed by atoms with Crippen molar-refractivity contribution in [2.24, 2.45) is 16.8 Å². The highest BCUT2D eigenvalue weighted by molar-refractivity contribution is 5.99. The molecule has 0 unspecified atom stereocenters. The van der Waals surface area contributed by atoms with Crippen LogP contribution in [0.1, 0.15) is 18.5 Å². The highest BCUT2D eigenvalue weighted by atomic mass is 16.4. The van der Waals surface area contributed by atoms with Gasteiger partial charge in [-0.15, -0.1) is 0 Å². The summed E-state index contributed by atoms with van der Waals surface area (Å²) in [5.74, 6) is 0.972. The second kappa shape index (κ2) is 5.18. The van der Waals surface area contributed by atoms with Crippen LogP contribution in [0.4, 0.5) is 5.82 Å². The van der Waals surface area contributed by atoms with Crippen LogP contribution in [0.15, 0.2) is 17.5 Å². The van der Waals surface area contributed by atoms with Gasteiger partial charge in [0, 0.05) is 26.0 Å². The molecule has 0 spiro atoms. The Kier molecular flexibility index (Phi) is 3.61. The molecule has 0 radical (unpaired) electrons. The largest absolute Gasteiger partial charge is 0.409 e. The van der Waals surface area contributed by atoms with E-state index in [0.717, 1.165) is 19.4 Å². The maximum atomic E-state index is 9.26. The van der Waals surface area contributed by atoms with Gasteiger partial charge < -0.3 is 20.9 Å². The van der Waals surface area contributed by atoms with Gasteiger partial charge in [0.2, 0.25) is 0 Å². The van der Waals surface area contributed by atoms with Crippen molar-refractivity contribution >= 4 is 11.7 Å². The van der Waals surface area contributed by atoms with Crippen LogP contribution >= 0.6 is 0 Å². The minimum Gasteiger partial charge on any atom is -0.409 e. The van der Waals surface area contributed by atoms with Crippen molar-refractivity contribution in [3.8, 4) is 0 Å². The maximum absolute atomic E-state index is 9.26. The number of hydrogen-bond donors (Lipinski definition) is 3. The summed E-state index contributed by atoms with van der Waals surface area (Å²) in [7, 11) is 1.88. The summed E-state index contributed by atoms with van der Waals surface area (Å²) in [5, 5.41) is 20.9. The summed E-state index contributed by atoms with van der Waals surface area (Å²) in [6.45, 7) is 0.765. The lowest BCUT2D eigenvalue weighted by Crippen LogP contribution is -2.38. The molecule has 0 atom stereocenters. The maximum Gasteiger partial charge on any atom is 0.192 e. The van der Waals surface area contributed by atoms with E-state index in [4.69, 9.17) is 10.9 Å². The van der Waals surface area contributed by atoms with E-state index in [2.05, 4.69) is 15.1 Å². The Morgan fingerprint density at radius 1 is 1.50 bits per heavy atom. The monoisotopic (exact) mass is 251 g/mol. The van der Waals surface area contributed by atoms with Crippen molar-refractivity contribution in [3.63, 3.8) is 0 Å². The third-order valence-corrected chi connectivity index (χ3v) is 3.13. The summed E-state index contributed by atoms with van der Waals surface area (Å²) in [4.78, 5) is 10.2. The summed E-state index contributed by atoms with van der Waals surface area (Å²) >= 11 is 0. The lowest BCUT2D eigenvalue weighted by molar-refractivity contribution is 0.0464. The molecular weight excluding hydrogens is 234 g/mol. The number of aliphatic hydroxyl groups excluding tert-OH is 1. The molecule has 0 aromatic carbocycles. The third-order valence-electron chi connectivity index (χ3n) is 3.13. The Morgan fingerprint density at radius 2 is 2.17 bits per heavy atom. The molecule has 7 heteroatoms. The van der Waals surface area contributed by atoms with Crippen molar-refractivity contribution in [2.45, 2.75) is 18.9 Å². The fraction of sp³-hybridized carbons (Fsp3) is 0.545. The van der Waals surface area contributed by atoms with Gasteiger partial charge in [0.05, 0.1) is 6.10 Å². The molecule has 1 fully saturated rings. The van der Waals surface area contributed by atoms with E-state index in [1.807, 2.05) is 11.9 Å². The fourth-order valence-electron chi connectivity index (χ4n) is 2.16. The minimum atomic E-state index is -0.172. The number of oxime groups is 1. The summed E-state index contributed by atoms with van der Waals surface area (Å²) in [5.41, 5.74) is 5.93. The fourth-order valence-corrected chi connectivity index (χ4v) is 2.16. The molecule has 1 saturated carbocycles. The Morgan fingerprint density at radius 3 is 2.78 bits per heavy atom. The topological polar surface area (TPSA) is 108 Å². The second-order valence-electron chi connectivity index (χ2n) is 4.59. The zero-order valence-corrected chi connectivity index (χ0v) is 10.2. The number of rotatable bonds is 4. The minimum absolute atomic E-state index is 0.0569. The number of anilines is 1. The van der Waals surface area contributed by atoms with Gasteiger partial charge in [-0.3, -0.25) is 0 Å². The first kappa shape index (κ1) is 12.6. The van der Waals surface area contributed by atoms with Gasteiger partial charge in [-0.2, -0.15) is 0 Å². The zero-order chi connectivity index (χ0) is 13.1. The number of hydrogen-bond acceptors (Lipinski definition) is 6. The average Bonchev–Trinajstić information content (AvgIpc) is 2.36. The number of amidine groups is 1. The number of nitrogens with two attached hydrogens (primary N) is 1. The van der Waals surface area contributed by atoms with E-state index in [1.54, 1.807) is 6.20 Å². The van der Waals surface area contributed by atoms with Gasteiger partial charge in [-0.05, 0) is 18.8 Å². The number of nitrogens with zero attached hydrogens (tertiary/aromatic N) is 4. The van der Waals surface area contributed by atoms with Gasteiger partial charge >= 0.3 is 0 Å². The van der Waals surface area contributed by atoms with Crippen LogP contribution in [-0.4, -0.2) is 45.8 Å². The average molecular weight is 251 g/mol. The first-order valence-corrected chi connectivity index (χ1v) is 5.80. The van der Waals surface area contributed by atoms with E-state index < -0.39 is 0 Å². The van der Waals surface area contributed by atoms with Crippen molar-refractivity contribution in [3.05, 3.63) is 18.1 Å². The molecule has 1 aromatic rings. The van der Waals surface area contributed by atoms with Gasteiger partial charge in [0.15, 0.2) is 17.3 Å². The van der Waals surface area contributed by atoms with Gasteiger partial charge in [-0.1, -0.05) is 5.16 Å². The van der Waals surface area contributed by atoms with Crippen LogP contribution in [0.5, 0.6) is 0 Å². The van der Waals surface area contributed by atoms with E-state index in [0.29, 0.717) is 17.4 Å². The molecule has 4 N–H and O–H groups in total. The standard InChI is InChI=1S/C11H17N5O2/c1-16(6-7-4-8(17)5-7)11-9(10(12)15-18)13-2-3-14-11/h2-3,7-8,17-18H,4-6H2,1H3,(H2,12,15).